The first kappa shape index (κ1) is 12.7. The van der Waals surface area contributed by atoms with Gasteiger partial charge in [0.1, 0.15) is 0 Å². The molecule has 3 nitrogen and oxygen atoms in total. The van der Waals surface area contributed by atoms with Gasteiger partial charge in [0.15, 0.2) is 5.96 Å². The summed E-state index contributed by atoms with van der Waals surface area (Å²) < 4.78 is 0. The average molecular weight is 237 g/mol. The molecule has 0 amide bonds. The average Bonchev–Trinajstić information content (AvgIpc) is 3.15. The summed E-state index contributed by atoms with van der Waals surface area (Å²) in [6.45, 7) is 4.58. The van der Waals surface area contributed by atoms with Crippen LogP contribution in [0.2, 0.25) is 0 Å². The molecule has 2 unspecified atom stereocenters. The van der Waals surface area contributed by atoms with Crippen molar-refractivity contribution in [3.63, 3.8) is 0 Å². The summed E-state index contributed by atoms with van der Waals surface area (Å²) >= 11 is 0. The van der Waals surface area contributed by atoms with Gasteiger partial charge in [-0.1, -0.05) is 26.2 Å². The summed E-state index contributed by atoms with van der Waals surface area (Å²) in [6, 6.07) is 0. The van der Waals surface area contributed by atoms with Crippen molar-refractivity contribution < 1.29 is 0 Å². The molecule has 17 heavy (non-hydrogen) atoms. The first-order valence-corrected chi connectivity index (χ1v) is 7.24. The highest BCUT2D eigenvalue weighted by molar-refractivity contribution is 5.79. The molecule has 0 aromatic carbocycles. The maximum Gasteiger partial charge on any atom is 0.190 e. The Morgan fingerprint density at radius 2 is 1.76 bits per heavy atom. The molecule has 2 aliphatic rings. The third kappa shape index (κ3) is 4.21. The Hall–Kier alpha value is -0.730. The van der Waals surface area contributed by atoms with Crippen LogP contribution in [0.3, 0.4) is 0 Å². The van der Waals surface area contributed by atoms with E-state index in [0.717, 1.165) is 36.8 Å². The van der Waals surface area contributed by atoms with E-state index in [1.807, 2.05) is 7.05 Å². The molecular formula is C14H27N3. The van der Waals surface area contributed by atoms with E-state index in [9.17, 15) is 0 Å². The summed E-state index contributed by atoms with van der Waals surface area (Å²) in [5, 5.41) is 6.92. The predicted molar refractivity (Wildman–Crippen MR) is 73.2 cm³/mol. The zero-order chi connectivity index (χ0) is 12.1. The SMILES string of the molecule is CN=C(NCC1CC1)NCC1CCCCC1C. The molecule has 0 spiro atoms. The van der Waals surface area contributed by atoms with Crippen LogP contribution in [0.25, 0.3) is 0 Å². The number of rotatable bonds is 4. The van der Waals surface area contributed by atoms with E-state index in [1.54, 1.807) is 0 Å². The van der Waals surface area contributed by atoms with Crippen molar-refractivity contribution in [1.29, 1.82) is 0 Å². The first-order valence-electron chi connectivity index (χ1n) is 7.24. The molecule has 98 valence electrons. The van der Waals surface area contributed by atoms with Crippen LogP contribution < -0.4 is 10.6 Å². The highest BCUT2D eigenvalue weighted by Crippen LogP contribution is 2.29. The Kier molecular flexibility index (Phi) is 4.69. The summed E-state index contributed by atoms with van der Waals surface area (Å²) in [4.78, 5) is 4.29. The van der Waals surface area contributed by atoms with Gasteiger partial charge in [0.25, 0.3) is 0 Å². The minimum absolute atomic E-state index is 0.836. The third-order valence-corrected chi connectivity index (χ3v) is 4.30. The van der Waals surface area contributed by atoms with E-state index >= 15 is 0 Å². The van der Waals surface area contributed by atoms with Crippen molar-refractivity contribution in [3.05, 3.63) is 0 Å². The zero-order valence-corrected chi connectivity index (χ0v) is 11.3. The van der Waals surface area contributed by atoms with Crippen LogP contribution in [0.5, 0.6) is 0 Å². The van der Waals surface area contributed by atoms with Crippen LogP contribution in [0.4, 0.5) is 0 Å². The Morgan fingerprint density at radius 3 is 2.41 bits per heavy atom. The first-order chi connectivity index (χ1) is 8.29. The van der Waals surface area contributed by atoms with Gasteiger partial charge < -0.3 is 10.6 Å². The summed E-state index contributed by atoms with van der Waals surface area (Å²) in [7, 11) is 1.87. The number of nitrogens with zero attached hydrogens (tertiary/aromatic N) is 1. The third-order valence-electron chi connectivity index (χ3n) is 4.30. The van der Waals surface area contributed by atoms with Gasteiger partial charge in [0, 0.05) is 20.1 Å². The number of nitrogens with one attached hydrogen (secondary N) is 2. The molecule has 3 heteroatoms. The lowest BCUT2D eigenvalue weighted by atomic mass is 9.80. The molecule has 2 saturated carbocycles. The summed E-state index contributed by atoms with van der Waals surface area (Å²) in [6.07, 6.45) is 8.40. The van der Waals surface area contributed by atoms with E-state index < -0.39 is 0 Å². The van der Waals surface area contributed by atoms with Crippen molar-refractivity contribution in [1.82, 2.24) is 10.6 Å². The fourth-order valence-electron chi connectivity index (χ4n) is 2.71. The second kappa shape index (κ2) is 6.27. The fraction of sp³-hybridized carbons (Fsp3) is 0.929. The number of hydrogen-bond donors (Lipinski definition) is 2. The molecular weight excluding hydrogens is 210 g/mol. The van der Waals surface area contributed by atoms with E-state index in [0.29, 0.717) is 0 Å². The van der Waals surface area contributed by atoms with Gasteiger partial charge in [-0.25, -0.2) is 0 Å². The molecule has 0 heterocycles. The van der Waals surface area contributed by atoms with E-state index in [4.69, 9.17) is 0 Å². The molecule has 0 radical (unpaired) electrons. The van der Waals surface area contributed by atoms with Crippen molar-refractivity contribution in [2.45, 2.75) is 45.4 Å². The summed E-state index contributed by atoms with van der Waals surface area (Å²) in [5.41, 5.74) is 0. The monoisotopic (exact) mass is 237 g/mol. The fourth-order valence-corrected chi connectivity index (χ4v) is 2.71. The molecule has 0 aliphatic heterocycles. The lowest BCUT2D eigenvalue weighted by Gasteiger charge is -2.29. The van der Waals surface area contributed by atoms with E-state index in [1.165, 1.54) is 38.5 Å². The quantitative estimate of drug-likeness (QED) is 0.582. The van der Waals surface area contributed by atoms with Gasteiger partial charge >= 0.3 is 0 Å². The molecule has 0 saturated heterocycles. The predicted octanol–water partition coefficient (Wildman–Crippen LogP) is 2.39. The standard InChI is InChI=1S/C14H27N3/c1-11-5-3-4-6-13(11)10-17-14(15-2)16-9-12-7-8-12/h11-13H,3-10H2,1-2H3,(H2,15,16,17). The Morgan fingerprint density at radius 1 is 1.06 bits per heavy atom. The summed E-state index contributed by atoms with van der Waals surface area (Å²) in [5.74, 6) is 3.61. The van der Waals surface area contributed by atoms with E-state index in [2.05, 4.69) is 22.5 Å². The maximum absolute atomic E-state index is 4.29. The van der Waals surface area contributed by atoms with Crippen molar-refractivity contribution in [2.75, 3.05) is 20.1 Å². The van der Waals surface area contributed by atoms with Crippen LogP contribution in [-0.4, -0.2) is 26.1 Å². The van der Waals surface area contributed by atoms with Gasteiger partial charge in [-0.05, 0) is 37.0 Å². The molecule has 2 aliphatic carbocycles. The molecule has 2 N–H and O–H groups in total. The van der Waals surface area contributed by atoms with E-state index in [-0.39, 0.29) is 0 Å². The van der Waals surface area contributed by atoms with Gasteiger partial charge in [-0.2, -0.15) is 0 Å². The smallest absolute Gasteiger partial charge is 0.190 e. The van der Waals surface area contributed by atoms with Crippen LogP contribution in [-0.2, 0) is 0 Å². The number of hydrogen-bond acceptors (Lipinski definition) is 1. The number of guanidine groups is 1. The molecule has 0 aromatic heterocycles. The Labute approximate surface area is 105 Å². The van der Waals surface area contributed by atoms with Crippen LogP contribution in [0.1, 0.15) is 45.4 Å². The lowest BCUT2D eigenvalue weighted by molar-refractivity contribution is 0.256. The molecule has 0 bridgehead atoms. The molecule has 2 rings (SSSR count). The highest BCUT2D eigenvalue weighted by Gasteiger charge is 2.23. The largest absolute Gasteiger partial charge is 0.356 e. The van der Waals surface area contributed by atoms with Crippen molar-refractivity contribution in [2.24, 2.45) is 22.7 Å². The molecule has 0 aromatic rings. The highest BCUT2D eigenvalue weighted by atomic mass is 15.2. The van der Waals surface area contributed by atoms with Crippen LogP contribution in [0, 0.1) is 17.8 Å². The van der Waals surface area contributed by atoms with Gasteiger partial charge in [-0.3, -0.25) is 4.99 Å². The zero-order valence-electron chi connectivity index (χ0n) is 11.3. The topological polar surface area (TPSA) is 36.4 Å². The molecule has 2 fully saturated rings. The van der Waals surface area contributed by atoms with Crippen LogP contribution in [0.15, 0.2) is 4.99 Å². The number of aliphatic imine (C=N–C) groups is 1. The second-order valence-electron chi connectivity index (χ2n) is 5.80. The van der Waals surface area contributed by atoms with Gasteiger partial charge in [0.2, 0.25) is 0 Å². The minimum Gasteiger partial charge on any atom is -0.356 e. The minimum atomic E-state index is 0.836. The second-order valence-corrected chi connectivity index (χ2v) is 5.80. The normalized spacial score (nSPS) is 30.1. The van der Waals surface area contributed by atoms with Crippen molar-refractivity contribution in [3.8, 4) is 0 Å². The van der Waals surface area contributed by atoms with Gasteiger partial charge in [0.05, 0.1) is 0 Å². The van der Waals surface area contributed by atoms with Gasteiger partial charge in [-0.15, -0.1) is 0 Å². The van der Waals surface area contributed by atoms with Crippen molar-refractivity contribution >= 4 is 5.96 Å². The van der Waals surface area contributed by atoms with Crippen LogP contribution >= 0.6 is 0 Å². The maximum atomic E-state index is 4.29. The Balaban J connectivity index is 1.67. The lowest BCUT2D eigenvalue weighted by Crippen LogP contribution is -2.42. The molecule has 2 atom stereocenters. The Bertz CT molecular complexity index is 258.